The summed E-state index contributed by atoms with van der Waals surface area (Å²) in [5, 5.41) is 0. The van der Waals surface area contributed by atoms with Crippen molar-refractivity contribution in [2.75, 3.05) is 0 Å². The number of nitrogens with two attached hydrogens (primary N) is 1. The van der Waals surface area contributed by atoms with Gasteiger partial charge in [0.1, 0.15) is 18.1 Å². The van der Waals surface area contributed by atoms with Gasteiger partial charge in [0.2, 0.25) is 0 Å². The summed E-state index contributed by atoms with van der Waals surface area (Å²) in [5.74, 6) is 0.784. The number of carbonyl (C=O) groups excluding carboxylic acids is 1. The van der Waals surface area contributed by atoms with Crippen molar-refractivity contribution in [1.29, 1.82) is 0 Å². The molecule has 0 aliphatic carbocycles. The maximum absolute atomic E-state index is 11.2. The first-order chi connectivity index (χ1) is 12.6. The van der Waals surface area contributed by atoms with Crippen LogP contribution in [0.5, 0.6) is 11.5 Å². The highest BCUT2D eigenvalue weighted by molar-refractivity contribution is 5.81. The molecular weight excluding hydrogens is 328 g/mol. The predicted octanol–water partition coefficient (Wildman–Crippen LogP) is 3.56. The van der Waals surface area contributed by atoms with Crippen molar-refractivity contribution in [2.45, 2.75) is 19.6 Å². The standard InChI is InChI=1S/C21H18N2O3/c1-13(21(22)24)26-17-6-7-18-19-9-14(15-3-2-8-23-11-15)4-5-16(19)12-25-20(18)10-17/h2-11,13H,12H2,1H3,(H2,22,24)/t13-/m0/s1. The molecule has 4 rings (SSSR count). The van der Waals surface area contributed by atoms with Gasteiger partial charge in [-0.1, -0.05) is 18.2 Å². The number of nitrogens with zero attached hydrogens (tertiary/aromatic N) is 1. The SMILES string of the molecule is C[C@H](Oc1ccc2c(c1)OCc1ccc(-c3cccnc3)cc1-2)C(N)=O. The van der Waals surface area contributed by atoms with Crippen molar-refractivity contribution in [3.05, 3.63) is 66.5 Å². The molecule has 1 atom stereocenters. The van der Waals surface area contributed by atoms with Crippen molar-refractivity contribution in [3.63, 3.8) is 0 Å². The van der Waals surface area contributed by atoms with E-state index in [1.54, 1.807) is 19.2 Å². The number of primary amides is 1. The maximum Gasteiger partial charge on any atom is 0.258 e. The Morgan fingerprint density at radius 1 is 1.15 bits per heavy atom. The lowest BCUT2D eigenvalue weighted by atomic mass is 9.93. The summed E-state index contributed by atoms with van der Waals surface area (Å²) in [5.41, 5.74) is 10.7. The summed E-state index contributed by atoms with van der Waals surface area (Å²) in [4.78, 5) is 15.4. The van der Waals surface area contributed by atoms with E-state index in [-0.39, 0.29) is 0 Å². The molecule has 1 amide bonds. The third kappa shape index (κ3) is 2.99. The molecule has 1 aromatic heterocycles. The lowest BCUT2D eigenvalue weighted by Gasteiger charge is -2.22. The molecule has 0 bridgehead atoms. The van der Waals surface area contributed by atoms with Crippen molar-refractivity contribution in [2.24, 2.45) is 5.73 Å². The van der Waals surface area contributed by atoms with Crippen LogP contribution in [0.3, 0.4) is 0 Å². The molecule has 1 aliphatic heterocycles. The minimum Gasteiger partial charge on any atom is -0.488 e. The molecule has 0 spiro atoms. The highest BCUT2D eigenvalue weighted by Gasteiger charge is 2.20. The van der Waals surface area contributed by atoms with Crippen LogP contribution in [-0.2, 0) is 11.4 Å². The fraction of sp³-hybridized carbons (Fsp3) is 0.143. The van der Waals surface area contributed by atoms with Gasteiger partial charge >= 0.3 is 0 Å². The van der Waals surface area contributed by atoms with Gasteiger partial charge in [0.15, 0.2) is 6.10 Å². The molecule has 0 unspecified atom stereocenters. The smallest absolute Gasteiger partial charge is 0.258 e. The summed E-state index contributed by atoms with van der Waals surface area (Å²) in [6.45, 7) is 2.11. The molecule has 5 heteroatoms. The normalized spacial score (nSPS) is 13.1. The fourth-order valence-electron chi connectivity index (χ4n) is 3.00. The zero-order valence-corrected chi connectivity index (χ0v) is 14.3. The first kappa shape index (κ1) is 16.1. The average Bonchev–Trinajstić information content (AvgIpc) is 2.67. The van der Waals surface area contributed by atoms with Crippen LogP contribution >= 0.6 is 0 Å². The summed E-state index contributed by atoms with van der Waals surface area (Å²) in [7, 11) is 0. The molecule has 0 saturated carbocycles. The van der Waals surface area contributed by atoms with Crippen LogP contribution in [-0.4, -0.2) is 17.0 Å². The highest BCUT2D eigenvalue weighted by atomic mass is 16.5. The summed E-state index contributed by atoms with van der Waals surface area (Å²) >= 11 is 0. The summed E-state index contributed by atoms with van der Waals surface area (Å²) in [6, 6.07) is 15.9. The second kappa shape index (κ2) is 6.52. The Morgan fingerprint density at radius 2 is 2.04 bits per heavy atom. The molecule has 26 heavy (non-hydrogen) atoms. The number of hydrogen-bond acceptors (Lipinski definition) is 4. The quantitative estimate of drug-likeness (QED) is 0.784. The van der Waals surface area contributed by atoms with Crippen molar-refractivity contribution in [3.8, 4) is 33.8 Å². The third-order valence-electron chi connectivity index (χ3n) is 4.44. The molecule has 3 aromatic rings. The number of carbonyl (C=O) groups is 1. The molecule has 2 heterocycles. The Balaban J connectivity index is 1.71. The number of amides is 1. The van der Waals surface area contributed by atoms with Crippen LogP contribution in [0, 0.1) is 0 Å². The van der Waals surface area contributed by atoms with Gasteiger partial charge in [0, 0.05) is 29.6 Å². The Morgan fingerprint density at radius 3 is 2.81 bits per heavy atom. The summed E-state index contributed by atoms with van der Waals surface area (Å²) in [6.07, 6.45) is 2.92. The maximum atomic E-state index is 11.2. The number of benzene rings is 2. The van der Waals surface area contributed by atoms with E-state index >= 15 is 0 Å². The second-order valence-corrected chi connectivity index (χ2v) is 6.22. The predicted molar refractivity (Wildman–Crippen MR) is 98.7 cm³/mol. The van der Waals surface area contributed by atoms with Gasteiger partial charge in [-0.25, -0.2) is 0 Å². The number of aromatic nitrogens is 1. The molecule has 130 valence electrons. The van der Waals surface area contributed by atoms with Gasteiger partial charge in [-0.05, 0) is 47.9 Å². The molecule has 0 radical (unpaired) electrons. The molecule has 5 nitrogen and oxygen atoms in total. The largest absolute Gasteiger partial charge is 0.488 e. The van der Waals surface area contributed by atoms with Gasteiger partial charge < -0.3 is 15.2 Å². The zero-order valence-electron chi connectivity index (χ0n) is 14.3. The fourth-order valence-corrected chi connectivity index (χ4v) is 3.00. The number of fused-ring (bicyclic) bond motifs is 3. The van der Waals surface area contributed by atoms with Gasteiger partial charge in [-0.15, -0.1) is 0 Å². The van der Waals surface area contributed by atoms with E-state index in [2.05, 4.69) is 23.2 Å². The Bertz CT molecular complexity index is 970. The number of hydrogen-bond donors (Lipinski definition) is 1. The molecule has 0 saturated heterocycles. The van der Waals surface area contributed by atoms with Crippen LogP contribution in [0.15, 0.2) is 60.9 Å². The monoisotopic (exact) mass is 346 g/mol. The van der Waals surface area contributed by atoms with E-state index in [0.29, 0.717) is 12.4 Å². The van der Waals surface area contributed by atoms with Crippen LogP contribution < -0.4 is 15.2 Å². The van der Waals surface area contributed by atoms with E-state index in [4.69, 9.17) is 15.2 Å². The molecule has 2 aromatic carbocycles. The average molecular weight is 346 g/mol. The van der Waals surface area contributed by atoms with Crippen LogP contribution in [0.1, 0.15) is 12.5 Å². The van der Waals surface area contributed by atoms with Gasteiger partial charge in [-0.2, -0.15) is 0 Å². The van der Waals surface area contributed by atoms with E-state index < -0.39 is 12.0 Å². The highest BCUT2D eigenvalue weighted by Crippen LogP contribution is 2.41. The lowest BCUT2D eigenvalue weighted by molar-refractivity contribution is -0.123. The summed E-state index contributed by atoms with van der Waals surface area (Å²) < 4.78 is 11.4. The van der Waals surface area contributed by atoms with Gasteiger partial charge in [0.05, 0.1) is 0 Å². The molecule has 2 N–H and O–H groups in total. The first-order valence-electron chi connectivity index (χ1n) is 8.38. The topological polar surface area (TPSA) is 74.4 Å². The van der Waals surface area contributed by atoms with Gasteiger partial charge in [0.25, 0.3) is 5.91 Å². The van der Waals surface area contributed by atoms with Crippen molar-refractivity contribution >= 4 is 5.91 Å². The van der Waals surface area contributed by atoms with Crippen molar-refractivity contribution in [1.82, 2.24) is 4.98 Å². The molecule has 0 fully saturated rings. The zero-order chi connectivity index (χ0) is 18.1. The minimum atomic E-state index is -0.693. The molecular formula is C21H18N2O3. The third-order valence-corrected chi connectivity index (χ3v) is 4.44. The van der Waals surface area contributed by atoms with E-state index in [1.807, 2.05) is 30.5 Å². The van der Waals surface area contributed by atoms with E-state index in [1.165, 1.54) is 0 Å². The Labute approximate surface area is 151 Å². The van der Waals surface area contributed by atoms with Crippen LogP contribution in [0.2, 0.25) is 0 Å². The Kier molecular flexibility index (Phi) is 4.05. The number of ether oxygens (including phenoxy) is 2. The lowest BCUT2D eigenvalue weighted by Crippen LogP contribution is -2.30. The second-order valence-electron chi connectivity index (χ2n) is 6.22. The Hall–Kier alpha value is -3.34. The van der Waals surface area contributed by atoms with Crippen molar-refractivity contribution < 1.29 is 14.3 Å². The number of pyridine rings is 1. The minimum absolute atomic E-state index is 0.491. The van der Waals surface area contributed by atoms with Crippen LogP contribution in [0.4, 0.5) is 0 Å². The van der Waals surface area contributed by atoms with Gasteiger partial charge in [-0.3, -0.25) is 9.78 Å². The molecule has 1 aliphatic rings. The van der Waals surface area contributed by atoms with E-state index in [9.17, 15) is 4.79 Å². The first-order valence-corrected chi connectivity index (χ1v) is 8.38. The van der Waals surface area contributed by atoms with E-state index in [0.717, 1.165) is 33.6 Å². The number of rotatable bonds is 4. The van der Waals surface area contributed by atoms with Crippen LogP contribution in [0.25, 0.3) is 22.3 Å².